The maximum atomic E-state index is 13.5. The Morgan fingerprint density at radius 3 is 2.31 bits per heavy atom. The van der Waals surface area contributed by atoms with Crippen molar-refractivity contribution in [2.45, 2.75) is 52.3 Å². The van der Waals surface area contributed by atoms with E-state index in [1.54, 1.807) is 71.2 Å². The zero-order valence-corrected chi connectivity index (χ0v) is 21.3. The van der Waals surface area contributed by atoms with E-state index >= 15 is 0 Å². The summed E-state index contributed by atoms with van der Waals surface area (Å²) in [6, 6.07) is 12.4. The second-order valence-electron chi connectivity index (χ2n) is 9.18. The molecule has 3 amide bonds. The highest BCUT2D eigenvalue weighted by Crippen LogP contribution is 2.26. The van der Waals surface area contributed by atoms with E-state index in [2.05, 4.69) is 17.2 Å². The smallest absolute Gasteiger partial charge is 0.408 e. The monoisotopic (exact) mass is 481 g/mol. The van der Waals surface area contributed by atoms with Gasteiger partial charge in [-0.1, -0.05) is 35.9 Å². The topological polar surface area (TPSA) is 97.0 Å². The summed E-state index contributed by atoms with van der Waals surface area (Å²) in [5.41, 5.74) is 1.42. The summed E-state index contributed by atoms with van der Waals surface area (Å²) in [6.45, 7) is 12.5. The predicted molar refractivity (Wildman–Crippen MR) is 136 cm³/mol. The van der Waals surface area contributed by atoms with Crippen molar-refractivity contribution in [2.24, 2.45) is 0 Å². The van der Waals surface area contributed by atoms with Crippen LogP contribution in [0.2, 0.25) is 0 Å². The SMILES string of the molecule is C=CCN(C(=O)C(C)NC(=O)OC(C)(C)C)C(C(=O)Nc1ccc(OC)cc1)c1cccc(C)c1. The molecule has 8 heteroatoms. The molecule has 0 saturated carbocycles. The van der Waals surface area contributed by atoms with Gasteiger partial charge < -0.3 is 25.0 Å². The molecule has 0 heterocycles. The Hall–Kier alpha value is -3.81. The lowest BCUT2D eigenvalue weighted by Crippen LogP contribution is -2.51. The first kappa shape index (κ1) is 27.4. The highest BCUT2D eigenvalue weighted by Gasteiger charge is 2.34. The van der Waals surface area contributed by atoms with Crippen LogP contribution in [0.25, 0.3) is 0 Å². The van der Waals surface area contributed by atoms with Gasteiger partial charge in [0, 0.05) is 12.2 Å². The molecule has 2 aromatic carbocycles. The Kier molecular flexibility index (Phi) is 9.45. The number of methoxy groups -OCH3 is 1. The van der Waals surface area contributed by atoms with E-state index in [0.29, 0.717) is 17.0 Å². The molecule has 0 aliphatic heterocycles. The maximum absolute atomic E-state index is 13.5. The molecule has 0 bridgehead atoms. The number of hydrogen-bond acceptors (Lipinski definition) is 5. The Morgan fingerprint density at radius 2 is 1.77 bits per heavy atom. The van der Waals surface area contributed by atoms with Gasteiger partial charge in [-0.15, -0.1) is 6.58 Å². The van der Waals surface area contributed by atoms with Gasteiger partial charge in [0.25, 0.3) is 5.91 Å². The molecule has 0 fully saturated rings. The van der Waals surface area contributed by atoms with Crippen molar-refractivity contribution in [1.29, 1.82) is 0 Å². The van der Waals surface area contributed by atoms with Crippen LogP contribution in [0.15, 0.2) is 61.2 Å². The van der Waals surface area contributed by atoms with Crippen molar-refractivity contribution in [3.63, 3.8) is 0 Å². The van der Waals surface area contributed by atoms with Crippen molar-refractivity contribution in [1.82, 2.24) is 10.2 Å². The summed E-state index contributed by atoms with van der Waals surface area (Å²) < 4.78 is 10.4. The standard InChI is InChI=1S/C27H35N3O5/c1-8-16-30(25(32)19(3)28-26(33)35-27(4,5)6)23(20-11-9-10-18(2)17-20)24(31)29-21-12-14-22(34-7)15-13-21/h8-15,17,19,23H,1,16H2,2-7H3,(H,28,33)(H,29,31). The van der Waals surface area contributed by atoms with Gasteiger partial charge in [-0.05, 0) is 64.4 Å². The van der Waals surface area contributed by atoms with Crippen molar-refractivity contribution in [3.8, 4) is 5.75 Å². The molecule has 35 heavy (non-hydrogen) atoms. The van der Waals surface area contributed by atoms with Crippen LogP contribution in [-0.4, -0.2) is 48.1 Å². The molecule has 8 nitrogen and oxygen atoms in total. The van der Waals surface area contributed by atoms with E-state index in [-0.39, 0.29) is 6.54 Å². The van der Waals surface area contributed by atoms with Crippen LogP contribution in [-0.2, 0) is 14.3 Å². The number of hydrogen-bond donors (Lipinski definition) is 2. The number of benzene rings is 2. The third-order valence-electron chi connectivity index (χ3n) is 4.99. The normalized spacial score (nSPS) is 12.6. The quantitative estimate of drug-likeness (QED) is 0.510. The van der Waals surface area contributed by atoms with Crippen LogP contribution >= 0.6 is 0 Å². The van der Waals surface area contributed by atoms with Gasteiger partial charge in [-0.25, -0.2) is 4.79 Å². The van der Waals surface area contributed by atoms with Gasteiger partial charge in [-0.3, -0.25) is 9.59 Å². The van der Waals surface area contributed by atoms with Gasteiger partial charge in [0.1, 0.15) is 23.4 Å². The lowest BCUT2D eigenvalue weighted by atomic mass is 10.0. The number of carbonyl (C=O) groups is 3. The fourth-order valence-corrected chi connectivity index (χ4v) is 3.45. The summed E-state index contributed by atoms with van der Waals surface area (Å²) in [5.74, 6) is -0.198. The number of nitrogens with one attached hydrogen (secondary N) is 2. The molecule has 188 valence electrons. The van der Waals surface area contributed by atoms with Crippen LogP contribution in [0.1, 0.15) is 44.9 Å². The zero-order valence-electron chi connectivity index (χ0n) is 21.3. The lowest BCUT2D eigenvalue weighted by Gasteiger charge is -2.33. The second-order valence-corrected chi connectivity index (χ2v) is 9.18. The lowest BCUT2D eigenvalue weighted by molar-refractivity contribution is -0.139. The first-order chi connectivity index (χ1) is 16.4. The van der Waals surface area contributed by atoms with E-state index in [9.17, 15) is 14.4 Å². The minimum Gasteiger partial charge on any atom is -0.497 e. The minimum absolute atomic E-state index is 0.0911. The fraction of sp³-hybridized carbons (Fsp3) is 0.370. The molecule has 0 aliphatic rings. The molecule has 2 atom stereocenters. The van der Waals surface area contributed by atoms with Crippen LogP contribution in [0.5, 0.6) is 5.75 Å². The second kappa shape index (κ2) is 12.1. The molecule has 0 aromatic heterocycles. The zero-order chi connectivity index (χ0) is 26.2. The summed E-state index contributed by atoms with van der Waals surface area (Å²) in [7, 11) is 1.56. The van der Waals surface area contributed by atoms with Gasteiger partial charge in [0.05, 0.1) is 7.11 Å². The number of amides is 3. The van der Waals surface area contributed by atoms with Gasteiger partial charge in [-0.2, -0.15) is 0 Å². The largest absolute Gasteiger partial charge is 0.497 e. The number of alkyl carbamates (subject to hydrolysis) is 1. The summed E-state index contributed by atoms with van der Waals surface area (Å²) >= 11 is 0. The van der Waals surface area contributed by atoms with Crippen molar-refractivity contribution in [3.05, 3.63) is 72.3 Å². The predicted octanol–water partition coefficient (Wildman–Crippen LogP) is 4.61. The van der Waals surface area contributed by atoms with Crippen molar-refractivity contribution >= 4 is 23.6 Å². The third kappa shape index (κ3) is 8.17. The first-order valence-corrected chi connectivity index (χ1v) is 11.4. The molecule has 0 saturated heterocycles. The van der Waals surface area contributed by atoms with E-state index in [1.165, 1.54) is 4.90 Å². The number of anilines is 1. The van der Waals surface area contributed by atoms with Gasteiger partial charge in [0.2, 0.25) is 5.91 Å². The highest BCUT2D eigenvalue weighted by molar-refractivity contribution is 5.99. The van der Waals surface area contributed by atoms with Gasteiger partial charge >= 0.3 is 6.09 Å². The molecule has 0 aliphatic carbocycles. The highest BCUT2D eigenvalue weighted by atomic mass is 16.6. The van der Waals surface area contributed by atoms with E-state index < -0.39 is 35.6 Å². The average molecular weight is 482 g/mol. The molecule has 0 spiro atoms. The molecule has 2 unspecified atom stereocenters. The Bertz CT molecular complexity index is 1040. The van der Waals surface area contributed by atoms with E-state index in [0.717, 1.165) is 5.56 Å². The Labute approximate surface area is 207 Å². The summed E-state index contributed by atoms with van der Waals surface area (Å²) in [5, 5.41) is 5.44. The number of carbonyl (C=O) groups excluding carboxylic acids is 3. The summed E-state index contributed by atoms with van der Waals surface area (Å²) in [4.78, 5) is 40.7. The number of rotatable bonds is 9. The third-order valence-corrected chi connectivity index (χ3v) is 4.99. The van der Waals surface area contributed by atoms with E-state index in [1.807, 2.05) is 25.1 Å². The van der Waals surface area contributed by atoms with Gasteiger partial charge in [0.15, 0.2) is 0 Å². The Morgan fingerprint density at radius 1 is 1.11 bits per heavy atom. The maximum Gasteiger partial charge on any atom is 0.408 e. The Balaban J connectivity index is 2.37. The molecular formula is C27H35N3O5. The molecular weight excluding hydrogens is 446 g/mol. The molecule has 2 rings (SSSR count). The van der Waals surface area contributed by atoms with Crippen LogP contribution < -0.4 is 15.4 Å². The van der Waals surface area contributed by atoms with Crippen LogP contribution in [0, 0.1) is 6.92 Å². The first-order valence-electron chi connectivity index (χ1n) is 11.4. The number of nitrogens with zero attached hydrogens (tertiary/aromatic N) is 1. The molecule has 2 N–H and O–H groups in total. The minimum atomic E-state index is -0.967. The van der Waals surface area contributed by atoms with E-state index in [4.69, 9.17) is 9.47 Å². The van der Waals surface area contributed by atoms with Crippen LogP contribution in [0.4, 0.5) is 10.5 Å². The number of ether oxygens (including phenoxy) is 2. The van der Waals surface area contributed by atoms with Crippen LogP contribution in [0.3, 0.4) is 0 Å². The van der Waals surface area contributed by atoms with Crippen molar-refractivity contribution < 1.29 is 23.9 Å². The summed E-state index contributed by atoms with van der Waals surface area (Å²) in [6.07, 6.45) is 0.827. The average Bonchev–Trinajstić information content (AvgIpc) is 2.77. The van der Waals surface area contributed by atoms with Crippen molar-refractivity contribution in [2.75, 3.05) is 19.0 Å². The fourth-order valence-electron chi connectivity index (χ4n) is 3.45. The number of aryl methyl sites for hydroxylation is 1. The molecule has 0 radical (unpaired) electrons. The molecule has 2 aromatic rings.